The van der Waals surface area contributed by atoms with Crippen LogP contribution in [-0.4, -0.2) is 0 Å². The van der Waals surface area contributed by atoms with E-state index in [1.54, 1.807) is 0 Å². The van der Waals surface area contributed by atoms with Gasteiger partial charge in [0, 0.05) is 6.04 Å². The molecule has 84 valence electrons. The molecule has 1 aromatic rings. The van der Waals surface area contributed by atoms with Crippen molar-refractivity contribution in [3.05, 3.63) is 34.9 Å². The third-order valence-corrected chi connectivity index (χ3v) is 2.89. The Hall–Kier alpha value is -1.47. The predicted molar refractivity (Wildman–Crippen MR) is 55.3 cm³/mol. The maximum atomic E-state index is 13.3. The minimum absolute atomic E-state index is 0.343. The monoisotopic (exact) mass is 222 g/mol. The van der Waals surface area contributed by atoms with Crippen LogP contribution in [0.3, 0.4) is 0 Å². The van der Waals surface area contributed by atoms with Crippen LogP contribution in [0.25, 0.3) is 0 Å². The van der Waals surface area contributed by atoms with Crippen LogP contribution >= 0.6 is 0 Å². The average molecular weight is 222 g/mol. The number of halogens is 2. The van der Waals surface area contributed by atoms with Crippen LogP contribution in [0, 0.1) is 28.9 Å². The van der Waals surface area contributed by atoms with Crippen LogP contribution in [0.2, 0.25) is 0 Å². The van der Waals surface area contributed by atoms with Gasteiger partial charge >= 0.3 is 0 Å². The van der Waals surface area contributed by atoms with Gasteiger partial charge in [-0.15, -0.1) is 0 Å². The highest BCUT2D eigenvalue weighted by Gasteiger charge is 2.25. The SMILES string of the molecule is N#Cc1c(F)cc(C(N)CC2CC2)cc1F. The highest BCUT2D eigenvalue weighted by Crippen LogP contribution is 2.37. The smallest absolute Gasteiger partial charge is 0.144 e. The summed E-state index contributed by atoms with van der Waals surface area (Å²) in [5, 5.41) is 8.52. The molecule has 0 amide bonds. The second-order valence-electron chi connectivity index (χ2n) is 4.26. The van der Waals surface area contributed by atoms with Gasteiger partial charge in [0.2, 0.25) is 0 Å². The largest absolute Gasteiger partial charge is 0.324 e. The van der Waals surface area contributed by atoms with Gasteiger partial charge in [-0.2, -0.15) is 5.26 Å². The van der Waals surface area contributed by atoms with Crippen molar-refractivity contribution in [2.75, 3.05) is 0 Å². The Kier molecular flexibility index (Phi) is 2.88. The molecular formula is C12H12F2N2. The molecule has 4 heteroatoms. The van der Waals surface area contributed by atoms with Crippen LogP contribution in [0.15, 0.2) is 12.1 Å². The number of hydrogen-bond donors (Lipinski definition) is 1. The molecule has 1 unspecified atom stereocenters. The molecule has 1 saturated carbocycles. The lowest BCUT2D eigenvalue weighted by Crippen LogP contribution is -2.12. The van der Waals surface area contributed by atoms with E-state index >= 15 is 0 Å². The van der Waals surface area contributed by atoms with E-state index in [1.807, 2.05) is 0 Å². The summed E-state index contributed by atoms with van der Waals surface area (Å²) in [4.78, 5) is 0. The van der Waals surface area contributed by atoms with Crippen molar-refractivity contribution in [2.24, 2.45) is 11.7 Å². The highest BCUT2D eigenvalue weighted by molar-refractivity contribution is 5.36. The topological polar surface area (TPSA) is 49.8 Å². The number of nitrogens with zero attached hydrogens (tertiary/aromatic N) is 1. The zero-order valence-electron chi connectivity index (χ0n) is 8.71. The van der Waals surface area contributed by atoms with Crippen molar-refractivity contribution in [3.8, 4) is 6.07 Å². The molecule has 1 aliphatic rings. The lowest BCUT2D eigenvalue weighted by molar-refractivity contribution is 0.552. The first kappa shape index (κ1) is 11.0. The van der Waals surface area contributed by atoms with E-state index < -0.39 is 17.2 Å². The van der Waals surface area contributed by atoms with Gasteiger partial charge in [-0.3, -0.25) is 0 Å². The normalized spacial score (nSPS) is 16.9. The minimum atomic E-state index is -0.830. The molecule has 0 aliphatic heterocycles. The molecule has 2 rings (SSSR count). The molecule has 2 nitrogen and oxygen atoms in total. The number of rotatable bonds is 3. The van der Waals surface area contributed by atoms with Crippen molar-refractivity contribution in [2.45, 2.75) is 25.3 Å². The Labute approximate surface area is 92.7 Å². The Balaban J connectivity index is 2.24. The Bertz CT molecular complexity index is 424. The number of benzene rings is 1. The Morgan fingerprint density at radius 1 is 1.38 bits per heavy atom. The highest BCUT2D eigenvalue weighted by atomic mass is 19.1. The second-order valence-corrected chi connectivity index (χ2v) is 4.26. The third-order valence-electron chi connectivity index (χ3n) is 2.89. The summed E-state index contributed by atoms with van der Waals surface area (Å²) in [5.74, 6) is -1.07. The van der Waals surface area contributed by atoms with Gasteiger partial charge < -0.3 is 5.73 Å². The number of nitrogens with two attached hydrogens (primary N) is 1. The average Bonchev–Trinajstić information content (AvgIpc) is 3.01. The Morgan fingerprint density at radius 2 is 1.94 bits per heavy atom. The van der Waals surface area contributed by atoms with E-state index in [0.29, 0.717) is 11.5 Å². The molecule has 1 aliphatic carbocycles. The summed E-state index contributed by atoms with van der Waals surface area (Å²) < 4.78 is 26.6. The second kappa shape index (κ2) is 4.18. The van der Waals surface area contributed by atoms with Gasteiger partial charge in [0.15, 0.2) is 0 Å². The maximum Gasteiger partial charge on any atom is 0.144 e. The van der Waals surface area contributed by atoms with E-state index in [9.17, 15) is 8.78 Å². The molecule has 16 heavy (non-hydrogen) atoms. The fraction of sp³-hybridized carbons (Fsp3) is 0.417. The summed E-state index contributed by atoms with van der Waals surface area (Å²) in [7, 11) is 0. The quantitative estimate of drug-likeness (QED) is 0.854. The molecular weight excluding hydrogens is 210 g/mol. The van der Waals surface area contributed by atoms with Crippen molar-refractivity contribution in [1.29, 1.82) is 5.26 Å². The molecule has 1 atom stereocenters. The molecule has 0 aromatic heterocycles. The molecule has 1 fully saturated rings. The van der Waals surface area contributed by atoms with E-state index in [2.05, 4.69) is 0 Å². The molecule has 2 N–H and O–H groups in total. The summed E-state index contributed by atoms with van der Waals surface area (Å²) in [5.41, 5.74) is 5.74. The van der Waals surface area contributed by atoms with Gasteiger partial charge in [-0.1, -0.05) is 12.8 Å². The van der Waals surface area contributed by atoms with Gasteiger partial charge in [-0.05, 0) is 30.0 Å². The van der Waals surface area contributed by atoms with Gasteiger partial charge in [0.1, 0.15) is 23.3 Å². The standard InChI is InChI=1S/C12H12F2N2/c13-10-4-8(5-11(14)9(10)6-15)12(16)3-7-1-2-7/h4-5,7,12H,1-3,16H2. The summed E-state index contributed by atoms with van der Waals surface area (Å²) in [6.07, 6.45) is 3.05. The fourth-order valence-corrected chi connectivity index (χ4v) is 1.76. The van der Waals surface area contributed by atoms with Crippen LogP contribution in [-0.2, 0) is 0 Å². The number of hydrogen-bond acceptors (Lipinski definition) is 2. The van der Waals surface area contributed by atoms with Crippen LogP contribution in [0.4, 0.5) is 8.78 Å². The first-order chi connectivity index (χ1) is 7.61. The van der Waals surface area contributed by atoms with Crippen molar-refractivity contribution < 1.29 is 8.78 Å². The van der Waals surface area contributed by atoms with Crippen LogP contribution in [0.1, 0.15) is 36.4 Å². The summed E-state index contributed by atoms with van der Waals surface area (Å²) in [6, 6.07) is 3.47. The van der Waals surface area contributed by atoms with Gasteiger partial charge in [0.25, 0.3) is 0 Å². The third kappa shape index (κ3) is 2.20. The first-order valence-electron chi connectivity index (χ1n) is 5.26. The van der Waals surface area contributed by atoms with Crippen molar-refractivity contribution in [1.82, 2.24) is 0 Å². The molecule has 0 heterocycles. The molecule has 0 radical (unpaired) electrons. The van der Waals surface area contributed by atoms with Crippen molar-refractivity contribution >= 4 is 0 Å². The molecule has 1 aromatic carbocycles. The van der Waals surface area contributed by atoms with E-state index in [1.165, 1.54) is 6.07 Å². The van der Waals surface area contributed by atoms with Crippen molar-refractivity contribution in [3.63, 3.8) is 0 Å². The first-order valence-corrected chi connectivity index (χ1v) is 5.26. The maximum absolute atomic E-state index is 13.3. The van der Waals surface area contributed by atoms with Crippen LogP contribution in [0.5, 0.6) is 0 Å². The fourth-order valence-electron chi connectivity index (χ4n) is 1.76. The molecule has 0 bridgehead atoms. The summed E-state index contributed by atoms with van der Waals surface area (Å²) >= 11 is 0. The van der Waals surface area contributed by atoms with Gasteiger partial charge in [0.05, 0.1) is 0 Å². The minimum Gasteiger partial charge on any atom is -0.324 e. The zero-order chi connectivity index (χ0) is 11.7. The van der Waals surface area contributed by atoms with Gasteiger partial charge in [-0.25, -0.2) is 8.78 Å². The lowest BCUT2D eigenvalue weighted by Gasteiger charge is -2.12. The van der Waals surface area contributed by atoms with E-state index in [-0.39, 0.29) is 6.04 Å². The predicted octanol–water partition coefficient (Wildman–Crippen LogP) is 2.64. The Morgan fingerprint density at radius 3 is 2.38 bits per heavy atom. The van der Waals surface area contributed by atoms with E-state index in [0.717, 1.165) is 31.4 Å². The summed E-state index contributed by atoms with van der Waals surface area (Å²) in [6.45, 7) is 0. The van der Waals surface area contributed by atoms with Crippen LogP contribution < -0.4 is 5.73 Å². The molecule has 0 spiro atoms. The molecule has 0 saturated heterocycles. The lowest BCUT2D eigenvalue weighted by atomic mass is 10.0. The van der Waals surface area contributed by atoms with E-state index in [4.69, 9.17) is 11.0 Å². The zero-order valence-corrected chi connectivity index (χ0v) is 8.71. The number of nitriles is 1.